The van der Waals surface area contributed by atoms with E-state index in [0.717, 1.165) is 37.5 Å². The SMILES string of the molecule is O=C(O)C1CCC1C(=O)Nc1cccc(CSC2CCOCC2)c1. The van der Waals surface area contributed by atoms with Crippen molar-refractivity contribution in [2.24, 2.45) is 11.8 Å². The van der Waals surface area contributed by atoms with E-state index in [4.69, 9.17) is 9.84 Å². The summed E-state index contributed by atoms with van der Waals surface area (Å²) in [5.41, 5.74) is 1.92. The molecule has 5 nitrogen and oxygen atoms in total. The zero-order valence-electron chi connectivity index (χ0n) is 13.6. The van der Waals surface area contributed by atoms with Gasteiger partial charge in [-0.1, -0.05) is 12.1 Å². The smallest absolute Gasteiger partial charge is 0.307 e. The van der Waals surface area contributed by atoms with Crippen molar-refractivity contribution in [2.45, 2.75) is 36.7 Å². The lowest BCUT2D eigenvalue weighted by Gasteiger charge is -2.31. The number of ether oxygens (including phenoxy) is 1. The first-order valence-electron chi connectivity index (χ1n) is 8.45. The van der Waals surface area contributed by atoms with Crippen molar-refractivity contribution in [1.29, 1.82) is 0 Å². The van der Waals surface area contributed by atoms with Gasteiger partial charge in [0.1, 0.15) is 0 Å². The maximum absolute atomic E-state index is 12.2. The fraction of sp³-hybridized carbons (Fsp3) is 0.556. The molecule has 0 aromatic heterocycles. The van der Waals surface area contributed by atoms with Crippen molar-refractivity contribution in [3.05, 3.63) is 29.8 Å². The quantitative estimate of drug-likeness (QED) is 0.825. The molecule has 1 aliphatic carbocycles. The number of carbonyl (C=O) groups excluding carboxylic acids is 1. The van der Waals surface area contributed by atoms with Gasteiger partial charge in [0.15, 0.2) is 0 Å². The molecule has 2 unspecified atom stereocenters. The lowest BCUT2D eigenvalue weighted by molar-refractivity contribution is -0.151. The van der Waals surface area contributed by atoms with Crippen LogP contribution in [0.4, 0.5) is 5.69 Å². The zero-order chi connectivity index (χ0) is 16.9. The molecule has 1 heterocycles. The Balaban J connectivity index is 1.53. The minimum absolute atomic E-state index is 0.178. The lowest BCUT2D eigenvalue weighted by atomic mass is 9.73. The molecule has 6 heteroatoms. The molecule has 0 radical (unpaired) electrons. The van der Waals surface area contributed by atoms with E-state index in [1.807, 2.05) is 30.0 Å². The van der Waals surface area contributed by atoms with E-state index in [2.05, 4.69) is 11.4 Å². The Morgan fingerprint density at radius 3 is 2.58 bits per heavy atom. The van der Waals surface area contributed by atoms with Gasteiger partial charge in [-0.3, -0.25) is 9.59 Å². The number of benzene rings is 1. The molecule has 0 bridgehead atoms. The molecule has 2 fully saturated rings. The van der Waals surface area contributed by atoms with Gasteiger partial charge in [0, 0.05) is 29.9 Å². The monoisotopic (exact) mass is 349 g/mol. The predicted molar refractivity (Wildman–Crippen MR) is 94.1 cm³/mol. The summed E-state index contributed by atoms with van der Waals surface area (Å²) in [5.74, 6) is -1.07. The van der Waals surface area contributed by atoms with E-state index in [-0.39, 0.29) is 5.91 Å². The highest BCUT2D eigenvalue weighted by atomic mass is 32.2. The van der Waals surface area contributed by atoms with Crippen molar-refractivity contribution < 1.29 is 19.4 Å². The summed E-state index contributed by atoms with van der Waals surface area (Å²) in [6.45, 7) is 1.69. The van der Waals surface area contributed by atoms with Gasteiger partial charge in [-0.25, -0.2) is 0 Å². The third kappa shape index (κ3) is 4.30. The number of carboxylic acid groups (broad SMARTS) is 1. The predicted octanol–water partition coefficient (Wildman–Crippen LogP) is 3.15. The number of aliphatic carboxylic acids is 1. The summed E-state index contributed by atoms with van der Waals surface area (Å²) in [5, 5.41) is 12.6. The molecular formula is C18H23NO4S. The van der Waals surface area contributed by atoms with Crippen molar-refractivity contribution >= 4 is 29.3 Å². The molecule has 1 aromatic carbocycles. The Labute approximate surface area is 146 Å². The molecule has 1 saturated heterocycles. The average molecular weight is 349 g/mol. The molecule has 1 aromatic rings. The van der Waals surface area contributed by atoms with Gasteiger partial charge in [-0.05, 0) is 43.4 Å². The van der Waals surface area contributed by atoms with Crippen molar-refractivity contribution in [3.8, 4) is 0 Å². The standard InChI is InChI=1S/C18H23NO4S/c20-17(15-4-5-16(15)18(21)22)19-13-3-1-2-12(10-13)11-24-14-6-8-23-9-7-14/h1-3,10,14-16H,4-9,11H2,(H,19,20)(H,21,22). The first-order chi connectivity index (χ1) is 11.6. The van der Waals surface area contributed by atoms with Crippen LogP contribution in [0.1, 0.15) is 31.2 Å². The van der Waals surface area contributed by atoms with Gasteiger partial charge in [-0.15, -0.1) is 0 Å². The summed E-state index contributed by atoms with van der Waals surface area (Å²) in [6, 6.07) is 7.84. The number of carbonyl (C=O) groups is 2. The Bertz CT molecular complexity index is 600. The summed E-state index contributed by atoms with van der Waals surface area (Å²) in [6.07, 6.45) is 3.44. The Kier molecular flexibility index (Phi) is 5.79. The largest absolute Gasteiger partial charge is 0.481 e. The number of hydrogen-bond donors (Lipinski definition) is 2. The fourth-order valence-electron chi connectivity index (χ4n) is 3.14. The molecule has 130 valence electrons. The molecule has 1 saturated carbocycles. The van der Waals surface area contributed by atoms with Gasteiger partial charge >= 0.3 is 5.97 Å². The molecule has 1 amide bonds. The molecular weight excluding hydrogens is 326 g/mol. The molecule has 2 aliphatic rings. The Hall–Kier alpha value is -1.53. The van der Waals surface area contributed by atoms with Crippen LogP contribution in [0.5, 0.6) is 0 Å². The van der Waals surface area contributed by atoms with Crippen molar-refractivity contribution in [3.63, 3.8) is 0 Å². The normalized spacial score (nSPS) is 24.2. The first kappa shape index (κ1) is 17.3. The molecule has 1 aliphatic heterocycles. The van der Waals surface area contributed by atoms with E-state index >= 15 is 0 Å². The van der Waals surface area contributed by atoms with E-state index < -0.39 is 17.8 Å². The topological polar surface area (TPSA) is 75.6 Å². The summed E-state index contributed by atoms with van der Waals surface area (Å²) >= 11 is 1.93. The minimum Gasteiger partial charge on any atom is -0.481 e. The van der Waals surface area contributed by atoms with Gasteiger partial charge in [0.25, 0.3) is 0 Å². The lowest BCUT2D eigenvalue weighted by Crippen LogP contribution is -2.41. The van der Waals surface area contributed by atoms with Crippen LogP contribution in [0.3, 0.4) is 0 Å². The average Bonchev–Trinajstić information content (AvgIpc) is 2.52. The summed E-state index contributed by atoms with van der Waals surface area (Å²) in [7, 11) is 0. The third-order valence-electron chi connectivity index (χ3n) is 4.78. The molecule has 3 rings (SSSR count). The second-order valence-corrected chi connectivity index (χ2v) is 7.73. The highest BCUT2D eigenvalue weighted by molar-refractivity contribution is 7.99. The number of rotatable bonds is 6. The molecule has 2 atom stereocenters. The fourth-order valence-corrected chi connectivity index (χ4v) is 4.27. The van der Waals surface area contributed by atoms with Gasteiger partial charge in [0.05, 0.1) is 11.8 Å². The van der Waals surface area contributed by atoms with Crippen LogP contribution in [0.15, 0.2) is 24.3 Å². The molecule has 0 spiro atoms. The summed E-state index contributed by atoms with van der Waals surface area (Å²) < 4.78 is 5.38. The van der Waals surface area contributed by atoms with Crippen molar-refractivity contribution in [1.82, 2.24) is 0 Å². The molecule has 24 heavy (non-hydrogen) atoms. The van der Waals surface area contributed by atoms with Crippen LogP contribution in [-0.4, -0.2) is 35.4 Å². The Morgan fingerprint density at radius 1 is 1.17 bits per heavy atom. The van der Waals surface area contributed by atoms with Gasteiger partial charge in [-0.2, -0.15) is 11.8 Å². The van der Waals surface area contributed by atoms with Gasteiger partial charge < -0.3 is 15.2 Å². The third-order valence-corrected chi connectivity index (χ3v) is 6.22. The van der Waals surface area contributed by atoms with Crippen LogP contribution in [0.25, 0.3) is 0 Å². The number of anilines is 1. The number of thioether (sulfide) groups is 1. The van der Waals surface area contributed by atoms with E-state index in [1.165, 1.54) is 5.56 Å². The molecule has 2 N–H and O–H groups in total. The minimum atomic E-state index is -0.872. The highest BCUT2D eigenvalue weighted by Gasteiger charge is 2.41. The second-order valence-electron chi connectivity index (χ2n) is 6.44. The second kappa shape index (κ2) is 8.03. The summed E-state index contributed by atoms with van der Waals surface area (Å²) in [4.78, 5) is 23.3. The first-order valence-corrected chi connectivity index (χ1v) is 9.50. The zero-order valence-corrected chi connectivity index (χ0v) is 14.4. The van der Waals surface area contributed by atoms with Crippen LogP contribution in [0, 0.1) is 11.8 Å². The van der Waals surface area contributed by atoms with Crippen LogP contribution < -0.4 is 5.32 Å². The number of amides is 1. The van der Waals surface area contributed by atoms with Crippen LogP contribution >= 0.6 is 11.8 Å². The highest BCUT2D eigenvalue weighted by Crippen LogP contribution is 2.35. The van der Waals surface area contributed by atoms with Crippen LogP contribution in [-0.2, 0) is 20.1 Å². The van der Waals surface area contributed by atoms with Gasteiger partial charge in [0.2, 0.25) is 5.91 Å². The maximum Gasteiger partial charge on any atom is 0.307 e. The number of carboxylic acids is 1. The number of nitrogens with one attached hydrogen (secondary N) is 1. The van der Waals surface area contributed by atoms with E-state index in [9.17, 15) is 9.59 Å². The van der Waals surface area contributed by atoms with E-state index in [0.29, 0.717) is 18.1 Å². The Morgan fingerprint density at radius 2 is 1.92 bits per heavy atom. The van der Waals surface area contributed by atoms with Crippen molar-refractivity contribution in [2.75, 3.05) is 18.5 Å². The number of hydrogen-bond acceptors (Lipinski definition) is 4. The van der Waals surface area contributed by atoms with E-state index in [1.54, 1.807) is 0 Å². The maximum atomic E-state index is 12.2. The van der Waals surface area contributed by atoms with Crippen LogP contribution in [0.2, 0.25) is 0 Å².